The first-order chi connectivity index (χ1) is 16.9. The molecule has 2 aromatic carbocycles. The summed E-state index contributed by atoms with van der Waals surface area (Å²) in [6.45, 7) is 4.69. The van der Waals surface area contributed by atoms with Crippen LogP contribution in [-0.2, 0) is 15.3 Å². The van der Waals surface area contributed by atoms with Crippen molar-refractivity contribution in [2.45, 2.75) is 90.1 Å². The van der Waals surface area contributed by atoms with Gasteiger partial charge in [-0.05, 0) is 0 Å². The number of halogens is 2. The number of fused-ring (bicyclic) bond motifs is 2. The van der Waals surface area contributed by atoms with Crippen molar-refractivity contribution in [3.8, 4) is 0 Å². The Morgan fingerprint density at radius 1 is 0.714 bits per heavy atom. The number of rotatable bonds is 7. The summed E-state index contributed by atoms with van der Waals surface area (Å²) < 4.78 is 0.642. The van der Waals surface area contributed by atoms with E-state index in [1.165, 1.54) is 66.4 Å². The van der Waals surface area contributed by atoms with Gasteiger partial charge in [-0.25, -0.2) is 0 Å². The normalized spacial score (nSPS) is 26.9. The second kappa shape index (κ2) is 8.29. The molecule has 35 heavy (non-hydrogen) atoms. The minimum atomic E-state index is -4.61. The van der Waals surface area contributed by atoms with Crippen molar-refractivity contribution < 1.29 is 15.3 Å². The van der Waals surface area contributed by atoms with Crippen molar-refractivity contribution >= 4 is 35.3 Å². The van der Waals surface area contributed by atoms with Gasteiger partial charge >= 0.3 is 222 Å². The fourth-order valence-electron chi connectivity index (χ4n) is 7.99. The maximum atomic E-state index is 8.57. The summed E-state index contributed by atoms with van der Waals surface area (Å²) in [5, 5.41) is 0. The van der Waals surface area contributed by atoms with Crippen molar-refractivity contribution in [3.63, 3.8) is 0 Å². The first kappa shape index (κ1) is 23.7. The molecule has 0 amide bonds. The molecule has 2 saturated carbocycles. The van der Waals surface area contributed by atoms with Crippen molar-refractivity contribution in [2.24, 2.45) is 0 Å². The van der Waals surface area contributed by atoms with Gasteiger partial charge in [0.1, 0.15) is 0 Å². The van der Waals surface area contributed by atoms with Gasteiger partial charge in [-0.3, -0.25) is 0 Å². The summed E-state index contributed by atoms with van der Waals surface area (Å²) in [5.74, 6) is 0.256. The Kier molecular flexibility index (Phi) is 5.61. The van der Waals surface area contributed by atoms with Crippen LogP contribution in [0.4, 0.5) is 0 Å². The average Bonchev–Trinajstić information content (AvgIpc) is 3.74. The van der Waals surface area contributed by atoms with Crippen LogP contribution < -0.4 is 0 Å². The predicted molar refractivity (Wildman–Crippen MR) is 152 cm³/mol. The quantitative estimate of drug-likeness (QED) is 0.255. The second-order valence-corrected chi connectivity index (χ2v) is 68.0. The van der Waals surface area contributed by atoms with Gasteiger partial charge in [0.2, 0.25) is 0 Å². The summed E-state index contributed by atoms with van der Waals surface area (Å²) in [6.07, 6.45) is 14.0. The van der Waals surface area contributed by atoms with E-state index in [1.807, 2.05) is 0 Å². The van der Waals surface area contributed by atoms with E-state index in [-0.39, 0.29) is 0 Å². The first-order valence-electron chi connectivity index (χ1n) is 14.2. The molecule has 0 radical (unpaired) electrons. The fourth-order valence-corrected chi connectivity index (χ4v) is 77.3. The third kappa shape index (κ3) is 3.38. The van der Waals surface area contributed by atoms with Crippen LogP contribution in [-0.4, -0.2) is 5.98 Å². The SMILES string of the molecule is CCC1=Cc2c(C3CC3)cccc2[CH]1[Hf]([Cl])([Cl])([CH]1C(CC)=Cc2c(C3CC3)cccc21)[SiH]1CCC1. The molecule has 0 N–H and O–H groups in total. The Bertz CT molecular complexity index is 1190. The van der Waals surface area contributed by atoms with Gasteiger partial charge in [-0.2, -0.15) is 0 Å². The van der Waals surface area contributed by atoms with E-state index in [0.717, 1.165) is 24.7 Å². The van der Waals surface area contributed by atoms with E-state index in [2.05, 4.69) is 62.4 Å². The minimum absolute atomic E-state index is 0.321. The molecule has 1 aliphatic heterocycles. The van der Waals surface area contributed by atoms with E-state index < -0.39 is 21.3 Å². The van der Waals surface area contributed by atoms with E-state index >= 15 is 0 Å². The Hall–Kier alpha value is -0.413. The summed E-state index contributed by atoms with van der Waals surface area (Å²) in [6, 6.07) is 17.0. The van der Waals surface area contributed by atoms with E-state index in [4.69, 9.17) is 17.2 Å². The Balaban J connectivity index is 1.46. The van der Waals surface area contributed by atoms with Crippen LogP contribution in [0.1, 0.15) is 111 Å². The van der Waals surface area contributed by atoms with E-state index in [0.29, 0.717) is 7.35 Å². The van der Waals surface area contributed by atoms with Crippen LogP contribution in [0.3, 0.4) is 0 Å². The fraction of sp³-hybridized carbons (Fsp3) is 0.484. The molecule has 2 atom stereocenters. The molecule has 1 heterocycles. The van der Waals surface area contributed by atoms with Crippen molar-refractivity contribution in [1.29, 1.82) is 0 Å². The van der Waals surface area contributed by atoms with Crippen molar-refractivity contribution in [3.05, 3.63) is 80.9 Å². The Morgan fingerprint density at radius 3 is 1.49 bits per heavy atom. The molecule has 183 valence electrons. The molecule has 4 heteroatoms. The van der Waals surface area contributed by atoms with Crippen molar-refractivity contribution in [1.82, 2.24) is 0 Å². The van der Waals surface area contributed by atoms with Crippen LogP contribution in [0.2, 0.25) is 12.1 Å². The number of hydrogen-bond donors (Lipinski definition) is 0. The third-order valence-electron chi connectivity index (χ3n) is 10.2. The molecule has 5 aliphatic rings. The summed E-state index contributed by atoms with van der Waals surface area (Å²) in [7, 11) is 17.1. The average molecular weight is 687 g/mol. The van der Waals surface area contributed by atoms with Gasteiger partial charge < -0.3 is 0 Å². The topological polar surface area (TPSA) is 0 Å². The zero-order valence-corrected chi connectivity index (χ0v) is 27.4. The number of hydrogen-bond acceptors (Lipinski definition) is 0. The van der Waals surface area contributed by atoms with Gasteiger partial charge in [-0.1, -0.05) is 0 Å². The predicted octanol–water partition coefficient (Wildman–Crippen LogP) is 9.96. The third-order valence-corrected chi connectivity index (χ3v) is 77.6. The monoisotopic (exact) mass is 687 g/mol. The van der Waals surface area contributed by atoms with Crippen LogP contribution in [0.5, 0.6) is 0 Å². The van der Waals surface area contributed by atoms with Gasteiger partial charge in [-0.15, -0.1) is 0 Å². The molecular weight excluding hydrogens is 650 g/mol. The molecule has 0 spiro atoms. The number of benzene rings is 2. The molecule has 0 bridgehead atoms. The molecule has 1 saturated heterocycles. The summed E-state index contributed by atoms with van der Waals surface area (Å²) >= 11 is -4.61. The van der Waals surface area contributed by atoms with Crippen LogP contribution >= 0.6 is 17.2 Å². The second-order valence-electron chi connectivity index (χ2n) is 12.1. The van der Waals surface area contributed by atoms with Crippen LogP contribution in [0.25, 0.3) is 12.2 Å². The zero-order valence-electron chi connectivity index (χ0n) is 21.1. The van der Waals surface area contributed by atoms with E-state index in [9.17, 15) is 0 Å². The molecule has 0 nitrogen and oxygen atoms in total. The standard InChI is InChI=1S/2C14H15.C3H7Si.2ClH.Hf/c2*1-2-10-8-12-4-3-5-13(11-6-7-11)14(12)9-10;1-2-4-3-1;;;/h2*3-5,8-9,11H,2,6-7H2,1H3;4H,1-3H2;2*1H;/q;;;;;+2/p-2. The molecule has 0 aromatic heterocycles. The first-order valence-corrected chi connectivity index (χ1v) is 35.7. The van der Waals surface area contributed by atoms with Gasteiger partial charge in [0.05, 0.1) is 0 Å². The molecule has 7 rings (SSSR count). The van der Waals surface area contributed by atoms with Gasteiger partial charge in [0.25, 0.3) is 0 Å². The van der Waals surface area contributed by atoms with Gasteiger partial charge in [0.15, 0.2) is 0 Å². The zero-order chi connectivity index (χ0) is 24.0. The van der Waals surface area contributed by atoms with Gasteiger partial charge in [0, 0.05) is 0 Å². The molecule has 2 unspecified atom stereocenters. The molecule has 4 aliphatic carbocycles. The molecule has 2 aromatic rings. The van der Waals surface area contributed by atoms with Crippen LogP contribution in [0, 0.1) is 0 Å². The van der Waals surface area contributed by atoms with Crippen LogP contribution in [0.15, 0.2) is 47.5 Å². The van der Waals surface area contributed by atoms with Crippen molar-refractivity contribution in [2.75, 3.05) is 0 Å². The maximum absolute atomic E-state index is 8.57. The summed E-state index contributed by atoms with van der Waals surface area (Å²) in [4.78, 5) is 0. The van der Waals surface area contributed by atoms with E-state index in [1.54, 1.807) is 22.3 Å². The molecular formula is C31H37Cl2HfSi. The summed E-state index contributed by atoms with van der Waals surface area (Å²) in [5.41, 5.74) is 12.4. The Labute approximate surface area is 220 Å². The molecule has 3 fully saturated rings. The number of allylic oxidation sites excluding steroid dienone is 2. The Morgan fingerprint density at radius 2 is 1.14 bits per heavy atom.